The van der Waals surface area contributed by atoms with E-state index in [1.54, 1.807) is 11.9 Å². The molecule has 0 atom stereocenters. The molecule has 1 fully saturated rings. The topological polar surface area (TPSA) is 78.9 Å². The molecule has 1 saturated heterocycles. The van der Waals surface area contributed by atoms with Crippen molar-refractivity contribution in [2.24, 2.45) is 4.99 Å². The van der Waals surface area contributed by atoms with Crippen LogP contribution in [0, 0.1) is 6.92 Å². The second kappa shape index (κ2) is 9.94. The minimum atomic E-state index is -0.460. The number of likely N-dealkylation sites (tertiary alicyclic amines) is 1. The monoisotopic (exact) mass is 475 g/mol. The van der Waals surface area contributed by atoms with Gasteiger partial charge in [-0.15, -0.1) is 24.0 Å². The fraction of sp³-hybridized carbons (Fsp3) is 0.611. The fourth-order valence-corrected chi connectivity index (χ4v) is 2.53. The van der Waals surface area contributed by atoms with Crippen molar-refractivity contribution in [3.63, 3.8) is 0 Å². The predicted molar refractivity (Wildman–Crippen MR) is 114 cm³/mol. The number of aryl methyl sites for hydroxylation is 1. The van der Waals surface area contributed by atoms with E-state index in [-0.39, 0.29) is 36.1 Å². The molecule has 146 valence electrons. The lowest BCUT2D eigenvalue weighted by atomic mass is 10.1. The number of rotatable bonds is 4. The summed E-state index contributed by atoms with van der Waals surface area (Å²) >= 11 is 0. The van der Waals surface area contributed by atoms with Gasteiger partial charge >= 0.3 is 6.09 Å². The first-order valence-corrected chi connectivity index (χ1v) is 8.63. The molecule has 2 rings (SSSR count). The molecule has 26 heavy (non-hydrogen) atoms. The number of aliphatic imine (C=N–C) groups is 1. The first-order valence-electron chi connectivity index (χ1n) is 8.63. The highest BCUT2D eigenvalue weighted by atomic mass is 127. The molecule has 1 aromatic heterocycles. The molecular weight excluding hydrogens is 445 g/mol. The van der Waals surface area contributed by atoms with Gasteiger partial charge in [0.15, 0.2) is 5.96 Å². The number of guanidine groups is 1. The van der Waals surface area contributed by atoms with Gasteiger partial charge in [-0.25, -0.2) is 4.79 Å². The Kier molecular flexibility index (Phi) is 8.58. The fourth-order valence-electron chi connectivity index (χ4n) is 2.53. The number of carbonyl (C=O) groups is 1. The average Bonchev–Trinajstić information content (AvgIpc) is 2.48. The number of carbonyl (C=O) groups excluding carboxylic acids is 1. The molecule has 0 saturated carbocycles. The third-order valence-electron chi connectivity index (χ3n) is 3.92. The van der Waals surface area contributed by atoms with E-state index < -0.39 is 5.60 Å². The molecule has 1 aromatic rings. The summed E-state index contributed by atoms with van der Waals surface area (Å²) in [7, 11) is 1.75. The van der Waals surface area contributed by atoms with Crippen LogP contribution in [0.4, 0.5) is 4.79 Å². The van der Waals surface area contributed by atoms with Crippen molar-refractivity contribution in [2.45, 2.75) is 45.8 Å². The second-order valence-corrected chi connectivity index (χ2v) is 7.28. The zero-order valence-corrected chi connectivity index (χ0v) is 18.5. The van der Waals surface area contributed by atoms with E-state index in [1.807, 2.05) is 39.2 Å². The normalized spacial score (nSPS) is 15.0. The van der Waals surface area contributed by atoms with Gasteiger partial charge in [-0.05, 0) is 51.3 Å². The van der Waals surface area contributed by atoms with Gasteiger partial charge in [0.2, 0.25) is 0 Å². The number of hydrogen-bond acceptors (Lipinski definition) is 4. The Bertz CT molecular complexity index is 624. The lowest BCUT2D eigenvalue weighted by Crippen LogP contribution is -2.63. The smallest absolute Gasteiger partial charge is 0.410 e. The van der Waals surface area contributed by atoms with Gasteiger partial charge in [0.05, 0.1) is 6.04 Å². The molecule has 2 heterocycles. The van der Waals surface area contributed by atoms with Crippen LogP contribution in [0.5, 0.6) is 0 Å². The van der Waals surface area contributed by atoms with Gasteiger partial charge in [-0.1, -0.05) is 0 Å². The van der Waals surface area contributed by atoms with Gasteiger partial charge < -0.3 is 20.3 Å². The lowest BCUT2D eigenvalue weighted by Gasteiger charge is -2.40. The Labute approximate surface area is 173 Å². The maximum Gasteiger partial charge on any atom is 0.410 e. The molecule has 0 radical (unpaired) electrons. The molecule has 0 aromatic carbocycles. The van der Waals surface area contributed by atoms with E-state index in [1.165, 1.54) is 11.1 Å². The summed E-state index contributed by atoms with van der Waals surface area (Å²) in [5, 5.41) is 6.64. The molecule has 1 aliphatic rings. The van der Waals surface area contributed by atoms with Gasteiger partial charge in [-0.3, -0.25) is 9.98 Å². The van der Waals surface area contributed by atoms with Gasteiger partial charge in [0, 0.05) is 39.1 Å². The van der Waals surface area contributed by atoms with Crippen molar-refractivity contribution < 1.29 is 9.53 Å². The van der Waals surface area contributed by atoms with Crippen molar-refractivity contribution in [1.29, 1.82) is 0 Å². The molecular formula is C18H30IN5O2. The number of hydrogen-bond donors (Lipinski definition) is 2. The van der Waals surface area contributed by atoms with E-state index in [4.69, 9.17) is 4.74 Å². The molecule has 0 spiro atoms. The zero-order valence-electron chi connectivity index (χ0n) is 16.2. The van der Waals surface area contributed by atoms with Crippen LogP contribution in [-0.2, 0) is 11.2 Å². The van der Waals surface area contributed by atoms with Crippen molar-refractivity contribution >= 4 is 36.0 Å². The SMILES string of the molecule is CN=C(NCCc1ccncc1C)NC1CN(C(=O)OC(C)(C)C)C1.I. The predicted octanol–water partition coefficient (Wildman–Crippen LogP) is 2.33. The highest BCUT2D eigenvalue weighted by Gasteiger charge is 2.34. The number of ether oxygens (including phenoxy) is 1. The summed E-state index contributed by atoms with van der Waals surface area (Å²) in [6.07, 6.45) is 4.34. The largest absolute Gasteiger partial charge is 0.444 e. The maximum absolute atomic E-state index is 11.9. The van der Waals surface area contributed by atoms with E-state index in [2.05, 4.69) is 27.5 Å². The number of nitrogens with zero attached hydrogens (tertiary/aromatic N) is 3. The quantitative estimate of drug-likeness (QED) is 0.397. The molecule has 1 amide bonds. The molecule has 0 aliphatic carbocycles. The van der Waals surface area contributed by atoms with E-state index >= 15 is 0 Å². The van der Waals surface area contributed by atoms with E-state index in [0.717, 1.165) is 18.9 Å². The number of pyridine rings is 1. The van der Waals surface area contributed by atoms with Gasteiger partial charge in [0.1, 0.15) is 5.60 Å². The summed E-state index contributed by atoms with van der Waals surface area (Å²) < 4.78 is 5.35. The third-order valence-corrected chi connectivity index (χ3v) is 3.92. The van der Waals surface area contributed by atoms with Gasteiger partial charge in [-0.2, -0.15) is 0 Å². The highest BCUT2D eigenvalue weighted by Crippen LogP contribution is 2.15. The third kappa shape index (κ3) is 6.97. The zero-order chi connectivity index (χ0) is 18.4. The van der Waals surface area contributed by atoms with Crippen LogP contribution < -0.4 is 10.6 Å². The van der Waals surface area contributed by atoms with Crippen LogP contribution in [0.3, 0.4) is 0 Å². The van der Waals surface area contributed by atoms with Crippen LogP contribution in [0.1, 0.15) is 31.9 Å². The Hall–Kier alpha value is -1.58. The summed E-state index contributed by atoms with van der Waals surface area (Å²) in [4.78, 5) is 22.0. The highest BCUT2D eigenvalue weighted by molar-refractivity contribution is 14.0. The van der Waals surface area contributed by atoms with Crippen LogP contribution in [0.15, 0.2) is 23.5 Å². The van der Waals surface area contributed by atoms with Crippen LogP contribution in [-0.4, -0.2) is 60.3 Å². The first-order chi connectivity index (χ1) is 11.8. The van der Waals surface area contributed by atoms with Crippen molar-refractivity contribution in [2.75, 3.05) is 26.7 Å². The number of aromatic nitrogens is 1. The molecule has 2 N–H and O–H groups in total. The molecule has 1 aliphatic heterocycles. The lowest BCUT2D eigenvalue weighted by molar-refractivity contribution is 0.00701. The van der Waals surface area contributed by atoms with Crippen LogP contribution in [0.25, 0.3) is 0 Å². The minimum Gasteiger partial charge on any atom is -0.444 e. The first kappa shape index (κ1) is 22.5. The number of nitrogens with one attached hydrogen (secondary N) is 2. The maximum atomic E-state index is 11.9. The molecule has 0 bridgehead atoms. The summed E-state index contributed by atoms with van der Waals surface area (Å²) in [5.41, 5.74) is 2.01. The van der Waals surface area contributed by atoms with Crippen molar-refractivity contribution in [3.05, 3.63) is 29.6 Å². The standard InChI is InChI=1S/C18H29N5O2.HI/c1-13-10-20-8-6-14(13)7-9-21-16(19-5)22-15-11-23(12-15)17(24)25-18(2,3)4;/h6,8,10,15H,7,9,11-12H2,1-5H3,(H2,19,21,22);1H. The number of amides is 1. The van der Waals surface area contributed by atoms with Crippen LogP contribution in [0.2, 0.25) is 0 Å². The summed E-state index contributed by atoms with van der Waals surface area (Å²) in [6, 6.07) is 2.24. The second-order valence-electron chi connectivity index (χ2n) is 7.28. The molecule has 0 unspecified atom stereocenters. The Morgan fingerprint density at radius 2 is 2.12 bits per heavy atom. The Morgan fingerprint density at radius 3 is 2.69 bits per heavy atom. The van der Waals surface area contributed by atoms with Crippen molar-refractivity contribution in [3.8, 4) is 0 Å². The Balaban J connectivity index is 0.00000338. The molecule has 7 nitrogen and oxygen atoms in total. The van der Waals surface area contributed by atoms with Crippen molar-refractivity contribution in [1.82, 2.24) is 20.5 Å². The summed E-state index contributed by atoms with van der Waals surface area (Å²) in [5.74, 6) is 0.751. The minimum absolute atomic E-state index is 0. The van der Waals surface area contributed by atoms with Gasteiger partial charge in [0.25, 0.3) is 0 Å². The number of halogens is 1. The summed E-state index contributed by atoms with van der Waals surface area (Å²) in [6.45, 7) is 9.71. The molecule has 8 heteroatoms. The average molecular weight is 475 g/mol. The van der Waals surface area contributed by atoms with E-state index in [0.29, 0.717) is 13.1 Å². The van der Waals surface area contributed by atoms with E-state index in [9.17, 15) is 4.79 Å². The van der Waals surface area contributed by atoms with Crippen LogP contribution >= 0.6 is 24.0 Å². The Morgan fingerprint density at radius 1 is 1.42 bits per heavy atom.